The number of rotatable bonds is 4. The van der Waals surface area contributed by atoms with E-state index in [1.807, 2.05) is 12.1 Å². The molecule has 0 saturated heterocycles. The summed E-state index contributed by atoms with van der Waals surface area (Å²) in [5, 5.41) is 0. The second kappa shape index (κ2) is 5.85. The Kier molecular flexibility index (Phi) is 4.34. The number of esters is 1. The first-order valence-electron chi connectivity index (χ1n) is 4.38. The number of hydrogen-bond acceptors (Lipinski definition) is 4. The van der Waals surface area contributed by atoms with Crippen LogP contribution < -0.4 is 0 Å². The fourth-order valence-electron chi connectivity index (χ4n) is 0.885. The Morgan fingerprint density at radius 1 is 1.71 bits per heavy atom. The van der Waals surface area contributed by atoms with Gasteiger partial charge in [-0.3, -0.25) is 14.8 Å². The molecule has 0 radical (unpaired) electrons. The van der Waals surface area contributed by atoms with Gasteiger partial charge in [0.25, 0.3) is 0 Å². The normalized spacial score (nSPS) is 10.4. The molecule has 0 aromatic carbocycles. The molecule has 0 saturated carbocycles. The molecule has 0 aliphatic rings. The van der Waals surface area contributed by atoms with Crippen molar-refractivity contribution in [2.75, 3.05) is 13.2 Å². The van der Waals surface area contributed by atoms with Crippen LogP contribution in [0.15, 0.2) is 29.5 Å². The molecule has 0 fully saturated rings. The molecule has 14 heavy (non-hydrogen) atoms. The predicted octanol–water partition coefficient (Wildman–Crippen LogP) is 1.06. The SMILES string of the molecule is CCOC(=O)CN=Cc1cccnc1. The zero-order valence-corrected chi connectivity index (χ0v) is 8.01. The lowest BCUT2D eigenvalue weighted by Crippen LogP contribution is -2.07. The zero-order chi connectivity index (χ0) is 10.2. The fourth-order valence-corrected chi connectivity index (χ4v) is 0.885. The summed E-state index contributed by atoms with van der Waals surface area (Å²) >= 11 is 0. The summed E-state index contributed by atoms with van der Waals surface area (Å²) in [6, 6.07) is 3.67. The van der Waals surface area contributed by atoms with E-state index in [-0.39, 0.29) is 12.5 Å². The minimum atomic E-state index is -0.312. The average molecular weight is 192 g/mol. The van der Waals surface area contributed by atoms with Gasteiger partial charge in [0.2, 0.25) is 0 Å². The van der Waals surface area contributed by atoms with Gasteiger partial charge in [0.1, 0.15) is 6.54 Å². The summed E-state index contributed by atoms with van der Waals surface area (Å²) in [4.78, 5) is 18.7. The summed E-state index contributed by atoms with van der Waals surface area (Å²) < 4.78 is 4.71. The van der Waals surface area contributed by atoms with E-state index in [1.165, 1.54) is 0 Å². The van der Waals surface area contributed by atoms with Crippen molar-refractivity contribution in [2.24, 2.45) is 4.99 Å². The van der Waals surface area contributed by atoms with E-state index in [9.17, 15) is 4.79 Å². The van der Waals surface area contributed by atoms with Crippen LogP contribution in [0, 0.1) is 0 Å². The lowest BCUT2D eigenvalue weighted by molar-refractivity contribution is -0.141. The van der Waals surface area contributed by atoms with Gasteiger partial charge in [-0.2, -0.15) is 0 Å². The van der Waals surface area contributed by atoms with Crippen molar-refractivity contribution in [1.29, 1.82) is 0 Å². The van der Waals surface area contributed by atoms with Crippen LogP contribution in [0.2, 0.25) is 0 Å². The molecule has 0 N–H and O–H groups in total. The van der Waals surface area contributed by atoms with Crippen LogP contribution in [0.4, 0.5) is 0 Å². The second-order valence-corrected chi connectivity index (χ2v) is 2.56. The highest BCUT2D eigenvalue weighted by atomic mass is 16.5. The largest absolute Gasteiger partial charge is 0.465 e. The van der Waals surface area contributed by atoms with Crippen molar-refractivity contribution in [3.8, 4) is 0 Å². The molecule has 0 aliphatic carbocycles. The van der Waals surface area contributed by atoms with Gasteiger partial charge >= 0.3 is 5.97 Å². The number of carbonyl (C=O) groups excluding carboxylic acids is 1. The van der Waals surface area contributed by atoms with Gasteiger partial charge in [0.05, 0.1) is 6.61 Å². The Hall–Kier alpha value is -1.71. The highest BCUT2D eigenvalue weighted by molar-refractivity contribution is 5.81. The summed E-state index contributed by atoms with van der Waals surface area (Å²) in [5.41, 5.74) is 0.872. The van der Waals surface area contributed by atoms with E-state index in [4.69, 9.17) is 4.74 Å². The minimum Gasteiger partial charge on any atom is -0.465 e. The summed E-state index contributed by atoms with van der Waals surface area (Å²) in [6.45, 7) is 2.21. The van der Waals surface area contributed by atoms with Crippen LogP contribution in [-0.2, 0) is 9.53 Å². The number of aromatic nitrogens is 1. The van der Waals surface area contributed by atoms with E-state index >= 15 is 0 Å². The first-order valence-corrected chi connectivity index (χ1v) is 4.38. The Morgan fingerprint density at radius 3 is 3.21 bits per heavy atom. The van der Waals surface area contributed by atoms with Crippen molar-refractivity contribution in [1.82, 2.24) is 4.98 Å². The molecule has 1 aromatic rings. The van der Waals surface area contributed by atoms with Crippen molar-refractivity contribution < 1.29 is 9.53 Å². The molecule has 0 bridgehead atoms. The topological polar surface area (TPSA) is 51.5 Å². The maximum Gasteiger partial charge on any atom is 0.327 e. The highest BCUT2D eigenvalue weighted by Gasteiger charge is 1.96. The Labute approximate surface area is 82.6 Å². The molecule has 0 aliphatic heterocycles. The third-order valence-corrected chi connectivity index (χ3v) is 1.45. The van der Waals surface area contributed by atoms with E-state index in [0.29, 0.717) is 6.61 Å². The first kappa shape index (κ1) is 10.4. The second-order valence-electron chi connectivity index (χ2n) is 2.56. The standard InChI is InChI=1S/C10H12N2O2/c1-2-14-10(13)8-12-7-9-4-3-5-11-6-9/h3-7H,2,8H2,1H3. The number of hydrogen-bond donors (Lipinski definition) is 0. The van der Waals surface area contributed by atoms with E-state index in [2.05, 4.69) is 9.98 Å². The van der Waals surface area contributed by atoms with Crippen molar-refractivity contribution in [2.45, 2.75) is 6.92 Å². The van der Waals surface area contributed by atoms with Gasteiger partial charge in [-0.15, -0.1) is 0 Å². The predicted molar refractivity (Wildman–Crippen MR) is 53.3 cm³/mol. The van der Waals surface area contributed by atoms with Crippen LogP contribution >= 0.6 is 0 Å². The van der Waals surface area contributed by atoms with Crippen LogP contribution in [0.5, 0.6) is 0 Å². The first-order chi connectivity index (χ1) is 6.83. The smallest absolute Gasteiger partial charge is 0.327 e. The lowest BCUT2D eigenvalue weighted by Gasteiger charge is -1.96. The number of carbonyl (C=O) groups is 1. The lowest BCUT2D eigenvalue weighted by atomic mass is 10.3. The van der Waals surface area contributed by atoms with Gasteiger partial charge in [0, 0.05) is 24.2 Å². The monoisotopic (exact) mass is 192 g/mol. The van der Waals surface area contributed by atoms with Gasteiger partial charge in [-0.25, -0.2) is 0 Å². The molecule has 0 atom stereocenters. The van der Waals surface area contributed by atoms with Crippen LogP contribution in [0.25, 0.3) is 0 Å². The van der Waals surface area contributed by atoms with E-state index in [1.54, 1.807) is 25.5 Å². The maximum atomic E-state index is 10.9. The summed E-state index contributed by atoms with van der Waals surface area (Å²) in [7, 11) is 0. The Bertz CT molecular complexity index is 309. The maximum absolute atomic E-state index is 10.9. The molecule has 74 valence electrons. The molecule has 1 rings (SSSR count). The Balaban J connectivity index is 2.38. The minimum absolute atomic E-state index is 0.0583. The molecule has 0 unspecified atom stereocenters. The molecule has 1 heterocycles. The van der Waals surface area contributed by atoms with Crippen LogP contribution in [-0.4, -0.2) is 30.3 Å². The quantitative estimate of drug-likeness (QED) is 0.529. The molecule has 1 aromatic heterocycles. The summed E-state index contributed by atoms with van der Waals surface area (Å²) in [5.74, 6) is -0.312. The molecule has 4 nitrogen and oxygen atoms in total. The van der Waals surface area contributed by atoms with Crippen molar-refractivity contribution >= 4 is 12.2 Å². The molecular weight excluding hydrogens is 180 g/mol. The van der Waals surface area contributed by atoms with Crippen molar-refractivity contribution in [3.05, 3.63) is 30.1 Å². The van der Waals surface area contributed by atoms with Crippen LogP contribution in [0.3, 0.4) is 0 Å². The number of aliphatic imine (C=N–C) groups is 1. The van der Waals surface area contributed by atoms with Crippen LogP contribution in [0.1, 0.15) is 12.5 Å². The zero-order valence-electron chi connectivity index (χ0n) is 8.01. The van der Waals surface area contributed by atoms with Gasteiger partial charge < -0.3 is 4.74 Å². The van der Waals surface area contributed by atoms with E-state index < -0.39 is 0 Å². The third-order valence-electron chi connectivity index (χ3n) is 1.45. The van der Waals surface area contributed by atoms with Gasteiger partial charge in [-0.05, 0) is 13.0 Å². The highest BCUT2D eigenvalue weighted by Crippen LogP contribution is 1.90. The molecule has 0 amide bonds. The number of ether oxygens (including phenoxy) is 1. The summed E-state index contributed by atoms with van der Waals surface area (Å²) in [6.07, 6.45) is 4.96. The number of nitrogens with zero attached hydrogens (tertiary/aromatic N) is 2. The average Bonchev–Trinajstić information content (AvgIpc) is 2.20. The van der Waals surface area contributed by atoms with E-state index in [0.717, 1.165) is 5.56 Å². The fraction of sp³-hybridized carbons (Fsp3) is 0.300. The molecular formula is C10H12N2O2. The molecule has 4 heteroatoms. The number of pyridine rings is 1. The third kappa shape index (κ3) is 3.80. The molecule has 0 spiro atoms. The van der Waals surface area contributed by atoms with Gasteiger partial charge in [0.15, 0.2) is 0 Å². The van der Waals surface area contributed by atoms with Gasteiger partial charge in [-0.1, -0.05) is 6.07 Å². The Morgan fingerprint density at radius 2 is 2.57 bits per heavy atom. The van der Waals surface area contributed by atoms with Crippen molar-refractivity contribution in [3.63, 3.8) is 0 Å².